The van der Waals surface area contributed by atoms with Crippen LogP contribution in [-0.2, 0) is 26.8 Å². The van der Waals surface area contributed by atoms with E-state index in [4.69, 9.17) is 0 Å². The molecule has 0 aliphatic rings. The maximum atomic E-state index is 10.2. The van der Waals surface area contributed by atoms with E-state index in [1.165, 1.54) is 17.4 Å². The fourth-order valence-electron chi connectivity index (χ4n) is 1.63. The van der Waals surface area contributed by atoms with Crippen molar-refractivity contribution in [1.29, 1.82) is 0 Å². The maximum absolute atomic E-state index is 10.2. The first kappa shape index (κ1) is 18.5. The lowest BCUT2D eigenvalue weighted by atomic mass is 10.2. The molecule has 2 rings (SSSR count). The van der Waals surface area contributed by atoms with Gasteiger partial charge in [0, 0.05) is 11.0 Å². The van der Waals surface area contributed by atoms with Gasteiger partial charge in [-0.15, -0.1) is 0 Å². The molecule has 0 aliphatic heterocycles. The summed E-state index contributed by atoms with van der Waals surface area (Å²) in [5.74, 6) is 1.22. The number of benzene rings is 2. The average molecular weight is 336 g/mol. The smallest absolute Gasteiger partial charge is 0.132 e. The lowest BCUT2D eigenvalue weighted by Crippen LogP contribution is -1.98. The van der Waals surface area contributed by atoms with Gasteiger partial charge >= 0.3 is 0 Å². The highest BCUT2D eigenvalue weighted by Gasteiger charge is 2.01. The van der Waals surface area contributed by atoms with Crippen LogP contribution in [0, 0.1) is 0 Å². The van der Waals surface area contributed by atoms with Crippen LogP contribution in [0.3, 0.4) is 0 Å². The molecule has 0 N–H and O–H groups in total. The summed E-state index contributed by atoms with van der Waals surface area (Å²) in [6.07, 6.45) is 5.81. The second-order valence-corrected chi connectivity index (χ2v) is 8.34. The maximum Gasteiger partial charge on any atom is 0.132 e. The van der Waals surface area contributed by atoms with E-state index in [1.54, 1.807) is 24.3 Å². The van der Waals surface area contributed by atoms with E-state index in [2.05, 4.69) is 42.8 Å². The van der Waals surface area contributed by atoms with Crippen LogP contribution in [0.2, 0.25) is 0 Å². The van der Waals surface area contributed by atoms with Crippen molar-refractivity contribution in [3.63, 3.8) is 0 Å². The largest absolute Gasteiger partial charge is 0.744 e. The summed E-state index contributed by atoms with van der Waals surface area (Å²) in [6.45, 7) is 0. The highest BCUT2D eigenvalue weighted by Crippen LogP contribution is 2.03. The summed E-state index contributed by atoms with van der Waals surface area (Å²) in [7, 11) is -3.72. The molecule has 0 amide bonds. The van der Waals surface area contributed by atoms with Crippen LogP contribution >= 0.6 is 0 Å². The second kappa shape index (κ2) is 9.46. The summed E-state index contributed by atoms with van der Waals surface area (Å²) in [5.41, 5.74) is 2.15. The molecule has 0 aliphatic carbocycles. The van der Waals surface area contributed by atoms with E-state index in [9.17, 15) is 13.0 Å². The molecule has 0 radical (unpaired) electrons. The molecule has 118 valence electrons. The Morgan fingerprint density at radius 1 is 0.955 bits per heavy atom. The lowest BCUT2D eigenvalue weighted by Gasteiger charge is -1.97. The molecule has 22 heavy (non-hydrogen) atoms. The minimum absolute atomic E-state index is 0.533. The highest BCUT2D eigenvalue weighted by atomic mass is 32.2. The lowest BCUT2D eigenvalue weighted by molar-refractivity contribution is 0.474. The molecule has 0 fully saturated rings. The van der Waals surface area contributed by atoms with Gasteiger partial charge in [0.1, 0.15) is 15.9 Å². The summed E-state index contributed by atoms with van der Waals surface area (Å²) in [5, 5.41) is 0.641. The Labute approximate surface area is 135 Å². The molecule has 0 bridgehead atoms. The molecule has 2 aromatic carbocycles. The Bertz CT molecular complexity index is 664. The zero-order valence-corrected chi connectivity index (χ0v) is 14.3. The zero-order valence-electron chi connectivity index (χ0n) is 12.7. The number of rotatable bonds is 4. The van der Waals surface area contributed by atoms with E-state index in [0.717, 1.165) is 0 Å². The van der Waals surface area contributed by atoms with E-state index in [1.807, 2.05) is 6.07 Å². The summed E-state index contributed by atoms with van der Waals surface area (Å²) in [6, 6.07) is 19.4. The summed E-state index contributed by atoms with van der Waals surface area (Å²) >= 11 is 0. The Morgan fingerprint density at radius 2 is 1.45 bits per heavy atom. The monoisotopic (exact) mass is 336 g/mol. The first-order valence-electron chi connectivity index (χ1n) is 6.64. The van der Waals surface area contributed by atoms with Crippen molar-refractivity contribution >= 4 is 27.1 Å². The number of hydrogen-bond acceptors (Lipinski definition) is 3. The van der Waals surface area contributed by atoms with Gasteiger partial charge in [0.25, 0.3) is 0 Å². The van der Waals surface area contributed by atoms with Crippen molar-refractivity contribution in [2.24, 2.45) is 0 Å². The third-order valence-electron chi connectivity index (χ3n) is 2.52. The predicted molar refractivity (Wildman–Crippen MR) is 94.5 cm³/mol. The Morgan fingerprint density at radius 3 is 1.91 bits per heavy atom. The van der Waals surface area contributed by atoms with Crippen molar-refractivity contribution in [2.45, 2.75) is 5.75 Å². The predicted octanol–water partition coefficient (Wildman–Crippen LogP) is 3.27. The van der Waals surface area contributed by atoms with Crippen LogP contribution in [-0.4, -0.2) is 25.5 Å². The molecule has 0 unspecified atom stereocenters. The van der Waals surface area contributed by atoms with Crippen LogP contribution in [0.15, 0.2) is 66.1 Å². The molecule has 2 aromatic rings. The standard InChI is InChI=1S/C9H13S.C8H8O3S/c1-10(2)8-9-6-4-3-5-7-9;9-12(10,11)7-6-8-4-2-1-3-5-8/h3-7H,8H2,1-2H3;1-7H,(H,9,10,11)/q+1;/p-1. The second-order valence-electron chi connectivity index (χ2n) is 4.82. The molecule has 0 spiro atoms. The fourth-order valence-corrected chi connectivity index (χ4v) is 2.82. The van der Waals surface area contributed by atoms with Crippen molar-refractivity contribution < 1.29 is 13.0 Å². The summed E-state index contributed by atoms with van der Waals surface area (Å²) in [4.78, 5) is 0. The van der Waals surface area contributed by atoms with Gasteiger partial charge in [-0.1, -0.05) is 60.7 Å². The van der Waals surface area contributed by atoms with Gasteiger partial charge in [-0.3, -0.25) is 0 Å². The Kier molecular flexibility index (Phi) is 7.95. The Balaban J connectivity index is 0.000000224. The van der Waals surface area contributed by atoms with E-state index in [-0.39, 0.29) is 0 Å². The van der Waals surface area contributed by atoms with Crippen LogP contribution < -0.4 is 0 Å². The van der Waals surface area contributed by atoms with Gasteiger partial charge in [0.2, 0.25) is 0 Å². The third kappa shape index (κ3) is 9.39. The Hall–Kier alpha value is -1.56. The van der Waals surface area contributed by atoms with E-state index < -0.39 is 10.1 Å². The third-order valence-corrected chi connectivity index (χ3v) is 3.90. The van der Waals surface area contributed by atoms with Crippen LogP contribution in [0.25, 0.3) is 6.08 Å². The SMILES string of the molecule is C[S+](C)Cc1ccccc1.O=S(=O)([O-])C=Cc1ccccc1. The van der Waals surface area contributed by atoms with Gasteiger partial charge in [0.15, 0.2) is 0 Å². The van der Waals surface area contributed by atoms with Gasteiger partial charge in [-0.25, -0.2) is 8.42 Å². The van der Waals surface area contributed by atoms with Crippen LogP contribution in [0.5, 0.6) is 0 Å². The first-order valence-corrected chi connectivity index (χ1v) is 10.3. The van der Waals surface area contributed by atoms with Crippen molar-refractivity contribution in [3.05, 3.63) is 77.2 Å². The molecule has 0 atom stereocenters. The van der Waals surface area contributed by atoms with Gasteiger partial charge < -0.3 is 4.55 Å². The quantitative estimate of drug-likeness (QED) is 0.636. The van der Waals surface area contributed by atoms with Crippen molar-refractivity contribution in [2.75, 3.05) is 12.5 Å². The molecular weight excluding hydrogens is 316 g/mol. The van der Waals surface area contributed by atoms with E-state index in [0.29, 0.717) is 21.9 Å². The van der Waals surface area contributed by atoms with Crippen LogP contribution in [0.1, 0.15) is 11.1 Å². The average Bonchev–Trinajstić information content (AvgIpc) is 2.47. The zero-order chi connectivity index (χ0) is 16.4. The fraction of sp³-hybridized carbons (Fsp3) is 0.176. The molecule has 0 heterocycles. The molecule has 0 aromatic heterocycles. The number of hydrogen-bond donors (Lipinski definition) is 0. The van der Waals surface area contributed by atoms with Crippen molar-refractivity contribution in [3.8, 4) is 0 Å². The summed E-state index contributed by atoms with van der Waals surface area (Å²) < 4.78 is 30.5. The van der Waals surface area contributed by atoms with Crippen molar-refractivity contribution in [1.82, 2.24) is 0 Å². The molecule has 3 nitrogen and oxygen atoms in total. The topological polar surface area (TPSA) is 57.2 Å². The van der Waals surface area contributed by atoms with Gasteiger partial charge in [0.05, 0.1) is 12.5 Å². The molecule has 0 saturated heterocycles. The highest BCUT2D eigenvalue weighted by molar-refractivity contribution is 7.94. The minimum Gasteiger partial charge on any atom is -0.744 e. The van der Waals surface area contributed by atoms with E-state index >= 15 is 0 Å². The first-order chi connectivity index (χ1) is 10.4. The van der Waals surface area contributed by atoms with Crippen LogP contribution in [0.4, 0.5) is 0 Å². The van der Waals surface area contributed by atoms with Gasteiger partial charge in [-0.2, -0.15) is 0 Å². The minimum atomic E-state index is -4.25. The van der Waals surface area contributed by atoms with Gasteiger partial charge in [-0.05, 0) is 22.5 Å². The molecular formula is C17H20O3S2. The molecule has 5 heteroatoms. The normalized spacial score (nSPS) is 11.3. The molecule has 0 saturated carbocycles.